The van der Waals surface area contributed by atoms with Gasteiger partial charge in [0, 0.05) is 15.5 Å². The van der Waals surface area contributed by atoms with Gasteiger partial charge in [-0.05, 0) is 72.6 Å². The first kappa shape index (κ1) is 21.7. The molecule has 0 bridgehead atoms. The number of hydrogen-bond acceptors (Lipinski definition) is 3. The number of rotatable bonds is 8. The molecule has 1 fully saturated rings. The lowest BCUT2D eigenvalue weighted by Crippen LogP contribution is -2.21. The third-order valence-corrected chi connectivity index (χ3v) is 8.79. The second-order valence-corrected chi connectivity index (χ2v) is 10.7. The van der Waals surface area contributed by atoms with Crippen molar-refractivity contribution in [2.24, 2.45) is 11.8 Å². The number of carboxylic acids is 1. The zero-order chi connectivity index (χ0) is 21.1. The number of alkyl halides is 2. The van der Waals surface area contributed by atoms with Crippen LogP contribution < -0.4 is 0 Å². The van der Waals surface area contributed by atoms with Crippen LogP contribution in [0.5, 0.6) is 0 Å². The molecule has 30 heavy (non-hydrogen) atoms. The van der Waals surface area contributed by atoms with Crippen molar-refractivity contribution in [1.29, 1.82) is 0 Å². The molecule has 2 nitrogen and oxygen atoms in total. The number of thiophene rings is 1. The molecule has 2 unspecified atom stereocenters. The average Bonchev–Trinajstić information content (AvgIpc) is 3.32. The first-order chi connectivity index (χ1) is 14.5. The van der Waals surface area contributed by atoms with E-state index in [0.717, 1.165) is 29.9 Å². The Kier molecular flexibility index (Phi) is 7.01. The standard InChI is InChI=1S/C24H24ClFO2S2/c25-23-20(14-29-19-9-8-15-4-1-2-5-16(15)12-19)17(13-21(23)26)6-3-7-18-10-11-22(30-18)24(27)28/h1-2,4-5,8-12,17,20-21,23H,3,6-7,13-14H2,(H,27,28)/t17-,20+,21?,23?/m0/s1. The molecule has 0 radical (unpaired) electrons. The summed E-state index contributed by atoms with van der Waals surface area (Å²) in [6.45, 7) is 0. The number of carboxylic acid groups (broad SMARTS) is 1. The van der Waals surface area contributed by atoms with Crippen LogP contribution in [-0.4, -0.2) is 28.4 Å². The quantitative estimate of drug-likeness (QED) is 0.282. The van der Waals surface area contributed by atoms with Gasteiger partial charge in [-0.3, -0.25) is 0 Å². The smallest absolute Gasteiger partial charge is 0.345 e. The summed E-state index contributed by atoms with van der Waals surface area (Å²) < 4.78 is 14.4. The van der Waals surface area contributed by atoms with Crippen LogP contribution in [0.4, 0.5) is 4.39 Å². The molecule has 6 heteroatoms. The second kappa shape index (κ2) is 9.71. The number of benzene rings is 2. The number of fused-ring (bicyclic) bond motifs is 1. The minimum absolute atomic E-state index is 0.149. The maximum absolute atomic E-state index is 14.4. The van der Waals surface area contributed by atoms with E-state index in [1.807, 2.05) is 18.2 Å². The number of halogens is 2. The molecule has 1 aliphatic carbocycles. The molecule has 1 N–H and O–H groups in total. The van der Waals surface area contributed by atoms with E-state index < -0.39 is 17.5 Å². The highest BCUT2D eigenvalue weighted by Crippen LogP contribution is 2.43. The van der Waals surface area contributed by atoms with E-state index in [-0.39, 0.29) is 11.8 Å². The minimum Gasteiger partial charge on any atom is -0.477 e. The van der Waals surface area contributed by atoms with Crippen LogP contribution in [0, 0.1) is 11.8 Å². The van der Waals surface area contributed by atoms with Crippen LogP contribution in [0.15, 0.2) is 59.5 Å². The van der Waals surface area contributed by atoms with E-state index in [1.165, 1.54) is 27.0 Å². The van der Waals surface area contributed by atoms with Crippen LogP contribution in [0.25, 0.3) is 10.8 Å². The van der Waals surface area contributed by atoms with Crippen molar-refractivity contribution in [1.82, 2.24) is 0 Å². The van der Waals surface area contributed by atoms with Gasteiger partial charge in [0.05, 0.1) is 5.38 Å². The summed E-state index contributed by atoms with van der Waals surface area (Å²) in [6, 6.07) is 18.3. The third kappa shape index (κ3) is 5.01. The summed E-state index contributed by atoms with van der Waals surface area (Å²) in [6.07, 6.45) is 2.27. The molecule has 0 saturated heterocycles. The van der Waals surface area contributed by atoms with E-state index in [1.54, 1.807) is 17.8 Å². The van der Waals surface area contributed by atoms with Crippen molar-refractivity contribution in [3.05, 3.63) is 64.4 Å². The molecule has 4 atom stereocenters. The molecule has 4 rings (SSSR count). The van der Waals surface area contributed by atoms with Crippen molar-refractivity contribution in [3.63, 3.8) is 0 Å². The van der Waals surface area contributed by atoms with E-state index in [9.17, 15) is 9.18 Å². The average molecular weight is 463 g/mol. The molecule has 2 aromatic carbocycles. The number of hydrogen-bond donors (Lipinski definition) is 1. The lowest BCUT2D eigenvalue weighted by molar-refractivity contribution is 0.0702. The Balaban J connectivity index is 1.34. The Morgan fingerprint density at radius 3 is 2.73 bits per heavy atom. The summed E-state index contributed by atoms with van der Waals surface area (Å²) in [5, 5.41) is 11.1. The molecular formula is C24H24ClFO2S2. The fourth-order valence-electron chi connectivity index (χ4n) is 4.30. The van der Waals surface area contributed by atoms with Gasteiger partial charge in [-0.15, -0.1) is 34.7 Å². The Morgan fingerprint density at radius 2 is 1.97 bits per heavy atom. The highest BCUT2D eigenvalue weighted by Gasteiger charge is 2.41. The molecule has 0 amide bonds. The number of carbonyl (C=O) groups is 1. The fourth-order valence-corrected chi connectivity index (χ4v) is 6.93. The molecule has 1 aliphatic rings. The molecular weight excluding hydrogens is 439 g/mol. The SMILES string of the molecule is O=C(O)c1ccc(CCC[C@H]2CC(F)C(Cl)[C@@H]2CSc2ccc3ccccc3c2)s1. The molecule has 158 valence electrons. The van der Waals surface area contributed by atoms with E-state index in [4.69, 9.17) is 16.7 Å². The van der Waals surface area contributed by atoms with E-state index in [2.05, 4.69) is 30.3 Å². The molecule has 1 saturated carbocycles. The van der Waals surface area contributed by atoms with Gasteiger partial charge in [-0.25, -0.2) is 9.18 Å². The van der Waals surface area contributed by atoms with Gasteiger partial charge in [-0.2, -0.15) is 0 Å². The molecule has 0 aliphatic heterocycles. The van der Waals surface area contributed by atoms with Gasteiger partial charge in [-0.1, -0.05) is 30.3 Å². The predicted octanol–water partition coefficient (Wildman–Crippen LogP) is 7.30. The van der Waals surface area contributed by atoms with Gasteiger partial charge in [0.1, 0.15) is 11.0 Å². The number of aromatic carboxylic acids is 1. The molecule has 1 heterocycles. The van der Waals surface area contributed by atoms with Crippen molar-refractivity contribution >= 4 is 51.4 Å². The minimum atomic E-state index is -0.945. The maximum Gasteiger partial charge on any atom is 0.345 e. The van der Waals surface area contributed by atoms with Crippen LogP contribution in [-0.2, 0) is 6.42 Å². The van der Waals surface area contributed by atoms with Crippen molar-refractivity contribution < 1.29 is 14.3 Å². The number of aryl methyl sites for hydroxylation is 1. The van der Waals surface area contributed by atoms with Gasteiger partial charge in [0.25, 0.3) is 0 Å². The summed E-state index contributed by atoms with van der Waals surface area (Å²) in [5.74, 6) is 0.364. The van der Waals surface area contributed by atoms with Gasteiger partial charge in [0.15, 0.2) is 0 Å². The normalized spacial score (nSPS) is 23.8. The molecule has 1 aromatic heterocycles. The zero-order valence-electron chi connectivity index (χ0n) is 16.5. The zero-order valence-corrected chi connectivity index (χ0v) is 18.9. The molecule has 0 spiro atoms. The number of thioether (sulfide) groups is 1. The van der Waals surface area contributed by atoms with Crippen molar-refractivity contribution in [3.8, 4) is 0 Å². The summed E-state index contributed by atoms with van der Waals surface area (Å²) in [5.41, 5.74) is 0. The van der Waals surface area contributed by atoms with Crippen molar-refractivity contribution in [2.45, 2.75) is 42.1 Å². The first-order valence-corrected chi connectivity index (χ1v) is 12.5. The Hall–Kier alpha value is -1.56. The summed E-state index contributed by atoms with van der Waals surface area (Å²) in [4.78, 5) is 13.7. The van der Waals surface area contributed by atoms with Gasteiger partial charge < -0.3 is 5.11 Å². The molecule has 3 aromatic rings. The van der Waals surface area contributed by atoms with Gasteiger partial charge >= 0.3 is 5.97 Å². The fraction of sp³-hybridized carbons (Fsp3) is 0.375. The van der Waals surface area contributed by atoms with E-state index in [0.29, 0.717) is 11.3 Å². The van der Waals surface area contributed by atoms with Crippen LogP contribution in [0.1, 0.15) is 33.8 Å². The highest BCUT2D eigenvalue weighted by molar-refractivity contribution is 7.99. The topological polar surface area (TPSA) is 37.3 Å². The van der Waals surface area contributed by atoms with Crippen LogP contribution in [0.3, 0.4) is 0 Å². The van der Waals surface area contributed by atoms with Crippen LogP contribution in [0.2, 0.25) is 0 Å². The monoisotopic (exact) mass is 462 g/mol. The van der Waals surface area contributed by atoms with Crippen LogP contribution >= 0.6 is 34.7 Å². The largest absolute Gasteiger partial charge is 0.477 e. The van der Waals surface area contributed by atoms with Gasteiger partial charge in [0.2, 0.25) is 0 Å². The summed E-state index contributed by atoms with van der Waals surface area (Å²) >= 11 is 9.56. The Labute approximate surface area is 189 Å². The third-order valence-electron chi connectivity index (χ3n) is 5.92. The van der Waals surface area contributed by atoms with E-state index >= 15 is 0 Å². The lowest BCUT2D eigenvalue weighted by atomic mass is 9.92. The second-order valence-electron chi connectivity index (χ2n) is 7.90. The lowest BCUT2D eigenvalue weighted by Gasteiger charge is -2.21. The van der Waals surface area contributed by atoms with Crippen molar-refractivity contribution in [2.75, 3.05) is 5.75 Å². The highest BCUT2D eigenvalue weighted by atomic mass is 35.5. The Bertz CT molecular complexity index is 1020. The Morgan fingerprint density at radius 1 is 1.17 bits per heavy atom. The maximum atomic E-state index is 14.4. The first-order valence-electron chi connectivity index (χ1n) is 10.2. The summed E-state index contributed by atoms with van der Waals surface area (Å²) in [7, 11) is 0. The predicted molar refractivity (Wildman–Crippen MR) is 125 cm³/mol.